The molecule has 1 atom stereocenters. The molecule has 0 aromatic carbocycles. The lowest BCUT2D eigenvalue weighted by atomic mass is 10.1. The topological polar surface area (TPSA) is 71.9 Å². The Hall–Kier alpha value is -1.38. The van der Waals surface area contributed by atoms with Crippen LogP contribution in [0.4, 0.5) is 0 Å². The fraction of sp³-hybridized carbons (Fsp3) is 0.722. The monoisotopic (exact) mass is 383 g/mol. The van der Waals surface area contributed by atoms with Gasteiger partial charge in [-0.1, -0.05) is 6.42 Å². The first-order valence-corrected chi connectivity index (χ1v) is 10.7. The zero-order valence-electron chi connectivity index (χ0n) is 16.1. The van der Waals surface area contributed by atoms with Crippen molar-refractivity contribution in [1.82, 2.24) is 13.8 Å². The molecule has 26 heavy (non-hydrogen) atoms. The van der Waals surface area contributed by atoms with E-state index in [-0.39, 0.29) is 16.9 Å². The largest absolute Gasteiger partial charge is 0.369 e. The summed E-state index contributed by atoms with van der Waals surface area (Å²) >= 11 is 0. The molecule has 3 heterocycles. The number of aromatic nitrogens is 1. The third-order valence-corrected chi connectivity index (χ3v) is 6.87. The molecule has 0 radical (unpaired) electrons. The summed E-state index contributed by atoms with van der Waals surface area (Å²) in [5.41, 5.74) is -0.0215. The maximum absolute atomic E-state index is 13.0. The van der Waals surface area contributed by atoms with Gasteiger partial charge in [-0.15, -0.1) is 0 Å². The predicted molar refractivity (Wildman–Crippen MR) is 98.6 cm³/mol. The van der Waals surface area contributed by atoms with Gasteiger partial charge in [0.05, 0.1) is 11.7 Å². The highest BCUT2D eigenvalue weighted by Gasteiger charge is 2.36. The van der Waals surface area contributed by atoms with E-state index in [0.717, 1.165) is 19.3 Å². The summed E-state index contributed by atoms with van der Waals surface area (Å²) in [6.45, 7) is 7.95. The highest BCUT2D eigenvalue weighted by atomic mass is 32.2. The summed E-state index contributed by atoms with van der Waals surface area (Å²) in [7, 11) is -1.82. The average molecular weight is 384 g/mol. The Morgan fingerprint density at radius 1 is 1.23 bits per heavy atom. The van der Waals surface area contributed by atoms with E-state index in [1.807, 2.05) is 20.8 Å². The van der Waals surface area contributed by atoms with Crippen molar-refractivity contribution in [2.45, 2.75) is 56.6 Å². The number of nitrogens with zero attached hydrogens (tertiary/aromatic N) is 3. The molecule has 8 heteroatoms. The first-order chi connectivity index (χ1) is 12.1. The highest BCUT2D eigenvalue weighted by Crippen LogP contribution is 2.25. The molecule has 0 N–H and O–H groups in total. The summed E-state index contributed by atoms with van der Waals surface area (Å²) < 4.78 is 34.7. The van der Waals surface area contributed by atoms with Crippen LogP contribution in [0.25, 0.3) is 0 Å². The number of aryl methyl sites for hydroxylation is 1. The van der Waals surface area contributed by atoms with E-state index in [4.69, 9.17) is 4.74 Å². The standard InChI is InChI=1S/C18H29N3O4S/c1-14-11-20(13-18(2,3)25-14)17(22)16-10-15(12-19(16)4)26(23,24)21-8-6-5-7-9-21/h10,12,14H,5-9,11,13H2,1-4H3. The van der Waals surface area contributed by atoms with Gasteiger partial charge in [-0.3, -0.25) is 4.79 Å². The van der Waals surface area contributed by atoms with E-state index in [1.54, 1.807) is 22.7 Å². The molecule has 1 unspecified atom stereocenters. The summed E-state index contributed by atoms with van der Waals surface area (Å²) in [5.74, 6) is -0.157. The van der Waals surface area contributed by atoms with Gasteiger partial charge in [0.25, 0.3) is 5.91 Å². The molecule has 0 aliphatic carbocycles. The van der Waals surface area contributed by atoms with Crippen molar-refractivity contribution in [3.63, 3.8) is 0 Å². The Kier molecular flexibility index (Phi) is 5.20. The van der Waals surface area contributed by atoms with Crippen LogP contribution in [0.1, 0.15) is 50.5 Å². The van der Waals surface area contributed by atoms with Crippen molar-refractivity contribution in [1.29, 1.82) is 0 Å². The molecule has 1 aromatic rings. The lowest BCUT2D eigenvalue weighted by Crippen LogP contribution is -2.54. The second-order valence-electron chi connectivity index (χ2n) is 8.01. The van der Waals surface area contributed by atoms with E-state index >= 15 is 0 Å². The minimum atomic E-state index is -3.54. The molecule has 146 valence electrons. The first-order valence-electron chi connectivity index (χ1n) is 9.24. The lowest BCUT2D eigenvalue weighted by molar-refractivity contribution is -0.119. The maximum atomic E-state index is 13.0. The molecule has 0 saturated carbocycles. The molecular formula is C18H29N3O4S. The molecule has 2 saturated heterocycles. The van der Waals surface area contributed by atoms with E-state index in [2.05, 4.69) is 0 Å². The van der Waals surface area contributed by atoms with Crippen LogP contribution in [0.5, 0.6) is 0 Å². The van der Waals surface area contributed by atoms with Crippen LogP contribution in [0.3, 0.4) is 0 Å². The zero-order valence-corrected chi connectivity index (χ0v) is 16.9. The third-order valence-electron chi connectivity index (χ3n) is 5.01. The molecule has 7 nitrogen and oxygen atoms in total. The van der Waals surface area contributed by atoms with Crippen molar-refractivity contribution >= 4 is 15.9 Å². The molecule has 2 aliphatic rings. The van der Waals surface area contributed by atoms with Crippen LogP contribution in [0.2, 0.25) is 0 Å². The summed E-state index contributed by atoms with van der Waals surface area (Å²) in [6, 6.07) is 1.51. The minimum absolute atomic E-state index is 0.0560. The molecule has 1 aromatic heterocycles. The number of carbonyl (C=O) groups excluding carboxylic acids is 1. The van der Waals surface area contributed by atoms with Gasteiger partial charge in [-0.05, 0) is 39.7 Å². The van der Waals surface area contributed by atoms with Crippen molar-refractivity contribution in [3.05, 3.63) is 18.0 Å². The van der Waals surface area contributed by atoms with Gasteiger partial charge in [0.15, 0.2) is 0 Å². The van der Waals surface area contributed by atoms with Gasteiger partial charge in [-0.2, -0.15) is 4.31 Å². The quantitative estimate of drug-likeness (QED) is 0.798. The number of sulfonamides is 1. The van der Waals surface area contributed by atoms with E-state index in [9.17, 15) is 13.2 Å². The van der Waals surface area contributed by atoms with E-state index < -0.39 is 15.6 Å². The van der Waals surface area contributed by atoms with Crippen LogP contribution in [-0.4, -0.2) is 66.0 Å². The third kappa shape index (κ3) is 3.82. The predicted octanol–water partition coefficient (Wildman–Crippen LogP) is 1.84. The van der Waals surface area contributed by atoms with Gasteiger partial charge in [0.1, 0.15) is 10.6 Å². The fourth-order valence-electron chi connectivity index (χ4n) is 3.91. The number of hydrogen-bond acceptors (Lipinski definition) is 4. The summed E-state index contributed by atoms with van der Waals surface area (Å²) in [4.78, 5) is 15.0. The number of carbonyl (C=O) groups is 1. The van der Waals surface area contributed by atoms with Crippen LogP contribution in [0, 0.1) is 0 Å². The number of amides is 1. The molecule has 1 amide bonds. The Labute approximate surface area is 156 Å². The summed E-state index contributed by atoms with van der Waals surface area (Å²) in [5, 5.41) is 0. The number of hydrogen-bond donors (Lipinski definition) is 0. The number of ether oxygens (including phenoxy) is 1. The lowest BCUT2D eigenvalue weighted by Gasteiger charge is -2.41. The molecule has 0 spiro atoms. The van der Waals surface area contributed by atoms with Gasteiger partial charge in [0.2, 0.25) is 10.0 Å². The normalized spacial score (nSPS) is 24.6. The Balaban J connectivity index is 1.85. The highest BCUT2D eigenvalue weighted by molar-refractivity contribution is 7.89. The second kappa shape index (κ2) is 6.98. The molecule has 3 rings (SSSR count). The first kappa shape index (κ1) is 19.4. The van der Waals surface area contributed by atoms with Gasteiger partial charge < -0.3 is 14.2 Å². The SMILES string of the molecule is CC1CN(C(=O)c2cc(S(=O)(=O)N3CCCCC3)cn2C)CC(C)(C)O1. The van der Waals surface area contributed by atoms with Crippen LogP contribution in [0.15, 0.2) is 17.2 Å². The summed E-state index contributed by atoms with van der Waals surface area (Å²) in [6.07, 6.45) is 4.33. The van der Waals surface area contributed by atoms with E-state index in [0.29, 0.717) is 31.9 Å². The maximum Gasteiger partial charge on any atom is 0.270 e. The Morgan fingerprint density at radius 3 is 2.50 bits per heavy atom. The van der Waals surface area contributed by atoms with Crippen molar-refractivity contribution in [2.24, 2.45) is 7.05 Å². The minimum Gasteiger partial charge on any atom is -0.369 e. The van der Waals surface area contributed by atoms with E-state index in [1.165, 1.54) is 10.4 Å². The average Bonchev–Trinajstić information content (AvgIpc) is 2.95. The molecule has 2 fully saturated rings. The van der Waals surface area contributed by atoms with Crippen molar-refractivity contribution in [2.75, 3.05) is 26.2 Å². The van der Waals surface area contributed by atoms with Crippen LogP contribution in [-0.2, 0) is 21.8 Å². The van der Waals surface area contributed by atoms with Crippen molar-refractivity contribution < 1.29 is 17.9 Å². The van der Waals surface area contributed by atoms with Crippen molar-refractivity contribution in [3.8, 4) is 0 Å². The Morgan fingerprint density at radius 2 is 1.88 bits per heavy atom. The zero-order chi connectivity index (χ0) is 19.1. The van der Waals surface area contributed by atoms with Gasteiger partial charge >= 0.3 is 0 Å². The molecule has 0 bridgehead atoms. The Bertz CT molecular complexity index is 778. The van der Waals surface area contributed by atoms with Gasteiger partial charge in [-0.25, -0.2) is 8.42 Å². The van der Waals surface area contributed by atoms with Crippen LogP contribution < -0.4 is 0 Å². The van der Waals surface area contributed by atoms with Crippen LogP contribution >= 0.6 is 0 Å². The number of piperidine rings is 1. The number of rotatable bonds is 3. The van der Waals surface area contributed by atoms with Gasteiger partial charge in [0, 0.05) is 39.4 Å². The number of morpholine rings is 1. The second-order valence-corrected chi connectivity index (χ2v) is 9.95. The smallest absolute Gasteiger partial charge is 0.270 e. The fourth-order valence-corrected chi connectivity index (χ4v) is 5.50. The molecule has 2 aliphatic heterocycles. The molecular weight excluding hydrogens is 354 g/mol.